The Hall–Kier alpha value is -2.07. The average Bonchev–Trinajstić information content (AvgIpc) is 3.24. The Bertz CT molecular complexity index is 911. The molecule has 3 rings (SSSR count). The number of nitrogens with one attached hydrogen (secondary N) is 2. The minimum Gasteiger partial charge on any atom is -0.352 e. The molecule has 0 aliphatic rings. The molecule has 2 N–H and O–H groups in total. The summed E-state index contributed by atoms with van der Waals surface area (Å²) in [7, 11) is 1.78. The molecule has 0 spiro atoms. The van der Waals surface area contributed by atoms with Crippen molar-refractivity contribution in [3.63, 3.8) is 0 Å². The van der Waals surface area contributed by atoms with E-state index in [1.165, 1.54) is 16.0 Å². The van der Waals surface area contributed by atoms with E-state index < -0.39 is 0 Å². The number of nitrogens with zero attached hydrogens (tertiary/aromatic N) is 4. The fourth-order valence-electron chi connectivity index (χ4n) is 2.69. The van der Waals surface area contributed by atoms with Crippen LogP contribution in [0.15, 0.2) is 65.1 Å². The first-order chi connectivity index (χ1) is 13.2. The highest BCUT2D eigenvalue weighted by Crippen LogP contribution is 2.21. The molecule has 28 heavy (non-hydrogen) atoms. The molecule has 148 valence electrons. The molecule has 0 fully saturated rings. The van der Waals surface area contributed by atoms with Crippen LogP contribution >= 0.6 is 35.7 Å². The third-order valence-electron chi connectivity index (χ3n) is 4.15. The number of pyridine rings is 1. The van der Waals surface area contributed by atoms with Gasteiger partial charge < -0.3 is 10.6 Å². The Balaban J connectivity index is 0.00000280. The molecule has 0 aliphatic heterocycles. The van der Waals surface area contributed by atoms with Gasteiger partial charge in [-0.2, -0.15) is 0 Å². The molecule has 3 aromatic rings. The molecular formula is C20H25IN6S. The highest BCUT2D eigenvalue weighted by Gasteiger charge is 2.05. The van der Waals surface area contributed by atoms with Crippen molar-refractivity contribution in [3.8, 4) is 5.82 Å². The number of hydrogen-bond donors (Lipinski definition) is 2. The lowest BCUT2D eigenvalue weighted by molar-refractivity contribution is 0.799. The number of halogens is 1. The minimum atomic E-state index is 0. The Morgan fingerprint density at radius 2 is 1.96 bits per heavy atom. The SMILES string of the molecule is CN=C(NCc1ccnc(-n2ccnc2)c1)NCc1ccc(C)cc1SC.I. The number of thioether (sulfide) groups is 1. The van der Waals surface area contributed by atoms with Gasteiger partial charge in [0.05, 0.1) is 0 Å². The second-order valence-electron chi connectivity index (χ2n) is 6.09. The molecule has 0 atom stereocenters. The number of rotatable bonds is 6. The van der Waals surface area contributed by atoms with Crippen LogP contribution in [0, 0.1) is 6.92 Å². The van der Waals surface area contributed by atoms with Gasteiger partial charge >= 0.3 is 0 Å². The van der Waals surface area contributed by atoms with Crippen LogP contribution in [0.5, 0.6) is 0 Å². The summed E-state index contributed by atoms with van der Waals surface area (Å²) in [5.74, 6) is 1.61. The maximum absolute atomic E-state index is 4.38. The first-order valence-electron chi connectivity index (χ1n) is 8.71. The second-order valence-corrected chi connectivity index (χ2v) is 6.93. The fraction of sp³-hybridized carbons (Fsp3) is 0.250. The van der Waals surface area contributed by atoms with Crippen molar-refractivity contribution < 1.29 is 0 Å². The summed E-state index contributed by atoms with van der Waals surface area (Å²) in [6.45, 7) is 3.50. The molecule has 0 unspecified atom stereocenters. The van der Waals surface area contributed by atoms with Crippen LogP contribution in [0.2, 0.25) is 0 Å². The largest absolute Gasteiger partial charge is 0.352 e. The van der Waals surface area contributed by atoms with Crippen LogP contribution in [0.25, 0.3) is 5.82 Å². The van der Waals surface area contributed by atoms with E-state index in [1.807, 2.05) is 22.9 Å². The van der Waals surface area contributed by atoms with Gasteiger partial charge in [-0.05, 0) is 48.1 Å². The van der Waals surface area contributed by atoms with Gasteiger partial charge in [0.15, 0.2) is 5.96 Å². The summed E-state index contributed by atoms with van der Waals surface area (Å²) in [4.78, 5) is 14.1. The topological polar surface area (TPSA) is 67.1 Å². The highest BCUT2D eigenvalue weighted by molar-refractivity contribution is 14.0. The lowest BCUT2D eigenvalue weighted by atomic mass is 10.1. The maximum atomic E-state index is 4.38. The van der Waals surface area contributed by atoms with Crippen LogP contribution in [0.3, 0.4) is 0 Å². The molecule has 2 heterocycles. The van der Waals surface area contributed by atoms with Gasteiger partial charge in [0.1, 0.15) is 12.1 Å². The summed E-state index contributed by atoms with van der Waals surface area (Å²) >= 11 is 1.76. The zero-order valence-electron chi connectivity index (χ0n) is 16.2. The fourth-order valence-corrected chi connectivity index (χ4v) is 3.40. The molecule has 0 bridgehead atoms. The summed E-state index contributed by atoms with van der Waals surface area (Å²) in [5, 5.41) is 6.74. The van der Waals surface area contributed by atoms with Crippen molar-refractivity contribution in [2.24, 2.45) is 4.99 Å². The number of imidazole rings is 1. The van der Waals surface area contributed by atoms with Gasteiger partial charge in [0.25, 0.3) is 0 Å². The Kier molecular flexibility index (Phi) is 8.78. The van der Waals surface area contributed by atoms with E-state index >= 15 is 0 Å². The lowest BCUT2D eigenvalue weighted by Crippen LogP contribution is -2.36. The number of aliphatic imine (C=N–C) groups is 1. The van der Waals surface area contributed by atoms with E-state index in [2.05, 4.69) is 57.0 Å². The lowest BCUT2D eigenvalue weighted by Gasteiger charge is -2.14. The number of guanidine groups is 1. The highest BCUT2D eigenvalue weighted by atomic mass is 127. The zero-order chi connectivity index (χ0) is 19.1. The number of hydrogen-bond acceptors (Lipinski definition) is 4. The molecule has 0 amide bonds. The molecule has 8 heteroatoms. The van der Waals surface area contributed by atoms with E-state index in [9.17, 15) is 0 Å². The third kappa shape index (κ3) is 5.96. The molecule has 0 radical (unpaired) electrons. The van der Waals surface area contributed by atoms with Crippen LogP contribution in [0.1, 0.15) is 16.7 Å². The molecule has 2 aromatic heterocycles. The zero-order valence-corrected chi connectivity index (χ0v) is 19.4. The van der Waals surface area contributed by atoms with E-state index in [4.69, 9.17) is 0 Å². The van der Waals surface area contributed by atoms with E-state index in [0.29, 0.717) is 6.54 Å². The summed E-state index contributed by atoms with van der Waals surface area (Å²) < 4.78 is 1.89. The Morgan fingerprint density at radius 1 is 1.14 bits per heavy atom. The van der Waals surface area contributed by atoms with Crippen LogP contribution in [-0.2, 0) is 13.1 Å². The van der Waals surface area contributed by atoms with Crippen molar-refractivity contribution in [1.29, 1.82) is 0 Å². The summed E-state index contributed by atoms with van der Waals surface area (Å²) in [6, 6.07) is 10.6. The van der Waals surface area contributed by atoms with E-state index in [-0.39, 0.29) is 24.0 Å². The van der Waals surface area contributed by atoms with Crippen molar-refractivity contribution in [2.45, 2.75) is 24.9 Å². The normalized spacial score (nSPS) is 11.0. The molecule has 0 saturated heterocycles. The summed E-state index contributed by atoms with van der Waals surface area (Å²) in [6.07, 6.45) is 9.27. The minimum absolute atomic E-state index is 0. The standard InChI is InChI=1S/C20H24N6S.HI/c1-15-4-5-17(18(10-15)27-3)13-25-20(21-2)24-12-16-6-7-23-19(11-16)26-9-8-22-14-26;/h4-11,14H,12-13H2,1-3H3,(H2,21,24,25);1H. The first-order valence-corrected chi connectivity index (χ1v) is 9.93. The Labute approximate surface area is 187 Å². The predicted molar refractivity (Wildman–Crippen MR) is 127 cm³/mol. The van der Waals surface area contributed by atoms with Crippen molar-refractivity contribution in [2.75, 3.05) is 13.3 Å². The van der Waals surface area contributed by atoms with Gasteiger partial charge in [-0.25, -0.2) is 9.97 Å². The molecule has 1 aromatic carbocycles. The number of aromatic nitrogens is 3. The first kappa shape index (κ1) is 22.2. The summed E-state index contributed by atoms with van der Waals surface area (Å²) in [5.41, 5.74) is 3.66. The van der Waals surface area contributed by atoms with Crippen molar-refractivity contribution in [3.05, 3.63) is 71.9 Å². The maximum Gasteiger partial charge on any atom is 0.191 e. The Morgan fingerprint density at radius 3 is 2.68 bits per heavy atom. The quantitative estimate of drug-likeness (QED) is 0.230. The number of aryl methyl sites for hydroxylation is 1. The third-order valence-corrected chi connectivity index (χ3v) is 4.97. The molecular weight excluding hydrogens is 483 g/mol. The molecule has 0 saturated carbocycles. The van der Waals surface area contributed by atoms with Crippen LogP contribution in [0.4, 0.5) is 0 Å². The van der Waals surface area contributed by atoms with Crippen LogP contribution < -0.4 is 10.6 Å². The molecule has 0 aliphatic carbocycles. The van der Waals surface area contributed by atoms with Gasteiger partial charge in [-0.15, -0.1) is 35.7 Å². The van der Waals surface area contributed by atoms with E-state index in [0.717, 1.165) is 23.9 Å². The predicted octanol–water partition coefficient (Wildman–Crippen LogP) is 3.78. The van der Waals surface area contributed by atoms with Gasteiger partial charge in [-0.3, -0.25) is 9.56 Å². The smallest absolute Gasteiger partial charge is 0.191 e. The van der Waals surface area contributed by atoms with Crippen molar-refractivity contribution >= 4 is 41.7 Å². The van der Waals surface area contributed by atoms with Gasteiger partial charge in [0, 0.05) is 43.6 Å². The van der Waals surface area contributed by atoms with Crippen LogP contribution in [-0.4, -0.2) is 33.8 Å². The number of benzene rings is 1. The van der Waals surface area contributed by atoms with Gasteiger partial charge in [0.2, 0.25) is 0 Å². The van der Waals surface area contributed by atoms with Crippen molar-refractivity contribution in [1.82, 2.24) is 25.2 Å². The van der Waals surface area contributed by atoms with Gasteiger partial charge in [-0.1, -0.05) is 12.1 Å². The average molecular weight is 508 g/mol. The molecule has 6 nitrogen and oxygen atoms in total. The monoisotopic (exact) mass is 508 g/mol. The van der Waals surface area contributed by atoms with E-state index in [1.54, 1.807) is 37.5 Å². The second kappa shape index (κ2) is 11.1.